The molecule has 0 atom stereocenters. The number of halogens is 1. The van der Waals surface area contributed by atoms with Crippen LogP contribution in [0.15, 0.2) is 12.1 Å². The van der Waals surface area contributed by atoms with Crippen LogP contribution in [0.25, 0.3) is 0 Å². The largest absolute Gasteiger partial charge is 0.493 e. The summed E-state index contributed by atoms with van der Waals surface area (Å²) in [6.07, 6.45) is 1.33. The minimum Gasteiger partial charge on any atom is -0.493 e. The maximum atomic E-state index is 6.15. The van der Waals surface area contributed by atoms with E-state index in [4.69, 9.17) is 25.8 Å². The molecule has 126 valence electrons. The molecule has 0 saturated carbocycles. The third-order valence-corrected chi connectivity index (χ3v) is 3.15. The van der Waals surface area contributed by atoms with Crippen LogP contribution in [-0.2, 0) is 11.3 Å². The van der Waals surface area contributed by atoms with Crippen molar-refractivity contribution < 1.29 is 14.2 Å². The number of rotatable bonds is 10. The predicted molar refractivity (Wildman–Crippen MR) is 91.2 cm³/mol. The average Bonchev–Trinajstić information content (AvgIpc) is 2.44. The maximum Gasteiger partial charge on any atom is 0.166 e. The molecule has 0 bridgehead atoms. The minimum absolute atomic E-state index is 0.0771. The van der Waals surface area contributed by atoms with Gasteiger partial charge in [0.2, 0.25) is 0 Å². The van der Waals surface area contributed by atoms with E-state index >= 15 is 0 Å². The van der Waals surface area contributed by atoms with Crippen molar-refractivity contribution >= 4 is 11.6 Å². The van der Waals surface area contributed by atoms with Crippen molar-refractivity contribution in [3.05, 3.63) is 22.7 Å². The number of hydrogen-bond donors (Lipinski definition) is 1. The summed E-state index contributed by atoms with van der Waals surface area (Å²) < 4.78 is 16.8. The van der Waals surface area contributed by atoms with Crippen molar-refractivity contribution in [2.45, 2.75) is 52.9 Å². The molecule has 1 aromatic rings. The normalized spacial score (nSPS) is 11.3. The second-order valence-electron chi connectivity index (χ2n) is 5.71. The maximum absolute atomic E-state index is 6.15. The molecule has 5 heteroatoms. The Morgan fingerprint density at radius 3 is 2.45 bits per heavy atom. The zero-order valence-electron chi connectivity index (χ0n) is 14.2. The highest BCUT2D eigenvalue weighted by Crippen LogP contribution is 2.35. The van der Waals surface area contributed by atoms with Gasteiger partial charge in [-0.1, -0.05) is 11.6 Å². The lowest BCUT2D eigenvalue weighted by atomic mass is 10.1. The first-order valence-corrected chi connectivity index (χ1v) is 8.17. The van der Waals surface area contributed by atoms with Crippen LogP contribution in [-0.4, -0.2) is 32.5 Å². The summed E-state index contributed by atoms with van der Waals surface area (Å²) in [7, 11) is 1.62. The minimum atomic E-state index is 0.0771. The van der Waals surface area contributed by atoms with Crippen molar-refractivity contribution in [3.63, 3.8) is 0 Å². The summed E-state index contributed by atoms with van der Waals surface area (Å²) in [5.41, 5.74) is 1.00. The zero-order valence-corrected chi connectivity index (χ0v) is 15.0. The van der Waals surface area contributed by atoms with Crippen molar-refractivity contribution in [2.24, 2.45) is 0 Å². The van der Waals surface area contributed by atoms with Crippen LogP contribution in [0.5, 0.6) is 11.5 Å². The second kappa shape index (κ2) is 9.93. The molecule has 4 nitrogen and oxygen atoms in total. The summed E-state index contributed by atoms with van der Waals surface area (Å²) in [6, 6.07) is 3.69. The van der Waals surface area contributed by atoms with Crippen LogP contribution >= 0.6 is 11.6 Å². The van der Waals surface area contributed by atoms with E-state index in [1.807, 2.05) is 33.8 Å². The Hall–Kier alpha value is -0.970. The first-order valence-electron chi connectivity index (χ1n) is 7.79. The van der Waals surface area contributed by atoms with E-state index in [0.29, 0.717) is 17.3 Å². The number of hydrogen-bond acceptors (Lipinski definition) is 4. The lowest BCUT2D eigenvalue weighted by Crippen LogP contribution is -2.19. The number of nitrogens with one attached hydrogen (secondary N) is 1. The van der Waals surface area contributed by atoms with Gasteiger partial charge >= 0.3 is 0 Å². The monoisotopic (exact) mass is 329 g/mol. The molecule has 0 saturated heterocycles. The fourth-order valence-electron chi connectivity index (χ4n) is 2.01. The Balaban J connectivity index is 2.62. The molecule has 0 amide bonds. The Bertz CT molecular complexity index is 450. The molecule has 0 unspecified atom stereocenters. The molecule has 1 rings (SSSR count). The molecular formula is C17H28ClNO3. The molecule has 1 N–H and O–H groups in total. The number of benzene rings is 1. The van der Waals surface area contributed by atoms with Gasteiger partial charge in [0.1, 0.15) is 0 Å². The van der Waals surface area contributed by atoms with Crippen molar-refractivity contribution in [3.8, 4) is 11.5 Å². The van der Waals surface area contributed by atoms with Crippen LogP contribution in [0.3, 0.4) is 0 Å². The molecule has 0 aromatic heterocycles. The quantitative estimate of drug-likeness (QED) is 0.658. The van der Waals surface area contributed by atoms with E-state index in [1.54, 1.807) is 13.2 Å². The van der Waals surface area contributed by atoms with E-state index in [2.05, 4.69) is 5.32 Å². The average molecular weight is 330 g/mol. The topological polar surface area (TPSA) is 39.7 Å². The van der Waals surface area contributed by atoms with E-state index < -0.39 is 0 Å². The van der Waals surface area contributed by atoms with E-state index in [0.717, 1.165) is 30.9 Å². The lowest BCUT2D eigenvalue weighted by Gasteiger charge is -2.18. The van der Waals surface area contributed by atoms with Crippen molar-refractivity contribution in [1.29, 1.82) is 0 Å². The Morgan fingerprint density at radius 1 is 1.14 bits per heavy atom. The summed E-state index contributed by atoms with van der Waals surface area (Å²) >= 11 is 6.15. The van der Waals surface area contributed by atoms with Gasteiger partial charge in [0.25, 0.3) is 0 Å². The molecule has 0 aliphatic rings. The van der Waals surface area contributed by atoms with Gasteiger partial charge in [-0.05, 0) is 46.7 Å². The highest BCUT2D eigenvalue weighted by atomic mass is 35.5. The Labute approximate surface area is 139 Å². The van der Waals surface area contributed by atoms with Gasteiger partial charge in [0, 0.05) is 29.8 Å². The fraction of sp³-hybridized carbons (Fsp3) is 0.647. The Kier molecular flexibility index (Phi) is 8.61. The summed E-state index contributed by atoms with van der Waals surface area (Å²) in [6.45, 7) is 10.4. The summed E-state index contributed by atoms with van der Waals surface area (Å²) in [4.78, 5) is 0. The summed E-state index contributed by atoms with van der Waals surface area (Å²) in [5, 5.41) is 4.04. The second-order valence-corrected chi connectivity index (χ2v) is 6.15. The fourth-order valence-corrected chi connectivity index (χ4v) is 2.25. The smallest absolute Gasteiger partial charge is 0.166 e. The predicted octanol–water partition coefficient (Wildman–Crippen LogP) is 4.04. The van der Waals surface area contributed by atoms with E-state index in [1.165, 1.54) is 0 Å². The lowest BCUT2D eigenvalue weighted by molar-refractivity contribution is 0.0770. The number of methoxy groups -OCH3 is 1. The molecular weight excluding hydrogens is 302 g/mol. The van der Waals surface area contributed by atoms with Crippen LogP contribution < -0.4 is 14.8 Å². The molecule has 0 spiro atoms. The molecule has 0 fully saturated rings. The molecule has 0 aliphatic heterocycles. The highest BCUT2D eigenvalue weighted by Gasteiger charge is 2.14. The molecule has 22 heavy (non-hydrogen) atoms. The molecule has 1 aromatic carbocycles. The number of ether oxygens (including phenoxy) is 3. The van der Waals surface area contributed by atoms with Crippen molar-refractivity contribution in [1.82, 2.24) is 5.32 Å². The van der Waals surface area contributed by atoms with Gasteiger partial charge in [-0.15, -0.1) is 0 Å². The van der Waals surface area contributed by atoms with Gasteiger partial charge in [0.15, 0.2) is 11.5 Å². The van der Waals surface area contributed by atoms with Gasteiger partial charge in [-0.3, -0.25) is 0 Å². The third kappa shape index (κ3) is 6.86. The Morgan fingerprint density at radius 2 is 1.86 bits per heavy atom. The molecule has 0 radical (unpaired) electrons. The standard InChI is InChI=1S/C17H28ClNO3/c1-12(2)21-8-6-7-19-11-14-9-15(18)10-16(20-5)17(14)22-13(3)4/h9-10,12-13,19H,6-8,11H2,1-5H3. The van der Waals surface area contributed by atoms with E-state index in [9.17, 15) is 0 Å². The third-order valence-electron chi connectivity index (χ3n) is 2.93. The van der Waals surface area contributed by atoms with Crippen LogP contribution in [0.2, 0.25) is 5.02 Å². The first-order chi connectivity index (χ1) is 10.4. The van der Waals surface area contributed by atoms with Gasteiger partial charge < -0.3 is 19.5 Å². The van der Waals surface area contributed by atoms with Gasteiger partial charge in [-0.2, -0.15) is 0 Å². The van der Waals surface area contributed by atoms with Gasteiger partial charge in [0.05, 0.1) is 19.3 Å². The van der Waals surface area contributed by atoms with Crippen LogP contribution in [0, 0.1) is 0 Å². The van der Waals surface area contributed by atoms with Crippen LogP contribution in [0.4, 0.5) is 0 Å². The van der Waals surface area contributed by atoms with Gasteiger partial charge in [-0.25, -0.2) is 0 Å². The first kappa shape index (κ1) is 19.1. The van der Waals surface area contributed by atoms with Crippen molar-refractivity contribution in [2.75, 3.05) is 20.3 Å². The van der Waals surface area contributed by atoms with E-state index in [-0.39, 0.29) is 12.2 Å². The summed E-state index contributed by atoms with van der Waals surface area (Å²) in [5.74, 6) is 1.42. The highest BCUT2D eigenvalue weighted by molar-refractivity contribution is 6.30. The zero-order chi connectivity index (χ0) is 16.5. The molecule has 0 heterocycles. The van der Waals surface area contributed by atoms with Crippen LogP contribution in [0.1, 0.15) is 39.7 Å². The SMILES string of the molecule is COc1cc(Cl)cc(CNCCCOC(C)C)c1OC(C)C. The molecule has 0 aliphatic carbocycles.